The summed E-state index contributed by atoms with van der Waals surface area (Å²) in [4.78, 5) is 26.0. The lowest BCUT2D eigenvalue weighted by Crippen LogP contribution is -2.10. The number of rotatable bonds is 9. The van der Waals surface area contributed by atoms with Crippen molar-refractivity contribution in [3.05, 3.63) is 71.5 Å². The number of benzene rings is 1. The molecule has 0 aliphatic heterocycles. The fourth-order valence-electron chi connectivity index (χ4n) is 4.69. The topological polar surface area (TPSA) is 195 Å². The first-order chi connectivity index (χ1) is 22.8. The lowest BCUT2D eigenvalue weighted by atomic mass is 10.2. The normalized spacial score (nSPS) is 11.1. The van der Waals surface area contributed by atoms with E-state index in [1.165, 1.54) is 17.0 Å². The largest absolute Gasteiger partial charge is 0.497 e. The molecule has 7 rings (SSSR count). The summed E-state index contributed by atoms with van der Waals surface area (Å²) in [5, 5.41) is 11.9. The Kier molecular flexibility index (Phi) is 9.03. The number of hydrogen-bond donors (Lipinski definition) is 2. The van der Waals surface area contributed by atoms with E-state index in [-0.39, 0.29) is 17.7 Å². The number of halogens is 2. The SMILES string of the molecule is COc1ccc(CNc2nc(-c3ncco3)c(C)c3nc(CCl)nn23)c(OC)c1.Cc1c(-c2ncco2)nc(N)n2nc(CCl)nc12. The molecular weight excluding hydrogens is 651 g/mol. The molecule has 0 radical (unpaired) electrons. The number of nitrogens with zero attached hydrogens (tertiary/aromatic N) is 10. The number of anilines is 2. The number of methoxy groups -OCH3 is 2. The molecule has 0 bridgehead atoms. The van der Waals surface area contributed by atoms with Crippen LogP contribution < -0.4 is 20.5 Å². The second kappa shape index (κ2) is 13.5. The Labute approximate surface area is 276 Å². The molecule has 1 aromatic carbocycles. The lowest BCUT2D eigenvalue weighted by Gasteiger charge is -2.13. The Morgan fingerprint density at radius 1 is 0.809 bits per heavy atom. The van der Waals surface area contributed by atoms with Crippen molar-refractivity contribution in [1.29, 1.82) is 0 Å². The van der Waals surface area contributed by atoms with Crippen molar-refractivity contribution in [2.75, 3.05) is 25.3 Å². The van der Waals surface area contributed by atoms with Crippen LogP contribution in [0.25, 0.3) is 34.5 Å². The minimum absolute atomic E-state index is 0.196. The van der Waals surface area contributed by atoms with Gasteiger partial charge in [0.15, 0.2) is 22.9 Å². The summed E-state index contributed by atoms with van der Waals surface area (Å²) >= 11 is 11.7. The van der Waals surface area contributed by atoms with E-state index >= 15 is 0 Å². The van der Waals surface area contributed by atoms with Crippen LogP contribution in [0.5, 0.6) is 11.5 Å². The molecule has 6 heterocycles. The van der Waals surface area contributed by atoms with E-state index < -0.39 is 0 Å². The van der Waals surface area contributed by atoms with Gasteiger partial charge in [-0.25, -0.2) is 29.9 Å². The molecule has 242 valence electrons. The van der Waals surface area contributed by atoms with Crippen LogP contribution in [0.4, 0.5) is 11.9 Å². The molecule has 0 saturated carbocycles. The second-order valence-electron chi connectivity index (χ2n) is 9.85. The molecule has 0 atom stereocenters. The third kappa shape index (κ3) is 6.19. The maximum absolute atomic E-state index is 5.95. The predicted molar refractivity (Wildman–Crippen MR) is 172 cm³/mol. The zero-order chi connectivity index (χ0) is 33.1. The van der Waals surface area contributed by atoms with Crippen LogP contribution in [0, 0.1) is 13.8 Å². The minimum Gasteiger partial charge on any atom is -0.497 e. The van der Waals surface area contributed by atoms with Crippen molar-refractivity contribution in [1.82, 2.24) is 49.1 Å². The van der Waals surface area contributed by atoms with E-state index in [2.05, 4.69) is 45.4 Å². The molecule has 16 nitrogen and oxygen atoms in total. The number of nitrogens with one attached hydrogen (secondary N) is 1. The van der Waals surface area contributed by atoms with Crippen molar-refractivity contribution in [3.63, 3.8) is 0 Å². The van der Waals surface area contributed by atoms with Crippen LogP contribution in [0.15, 0.2) is 52.0 Å². The van der Waals surface area contributed by atoms with E-state index in [9.17, 15) is 0 Å². The highest BCUT2D eigenvalue weighted by Crippen LogP contribution is 2.28. The summed E-state index contributed by atoms with van der Waals surface area (Å²) in [6.07, 6.45) is 6.10. The van der Waals surface area contributed by atoms with Gasteiger partial charge >= 0.3 is 0 Å². The number of ether oxygens (including phenoxy) is 2. The summed E-state index contributed by atoms with van der Waals surface area (Å²) in [7, 11) is 3.23. The van der Waals surface area contributed by atoms with Gasteiger partial charge in [0.1, 0.15) is 35.4 Å². The Morgan fingerprint density at radius 3 is 1.96 bits per heavy atom. The average molecular weight is 680 g/mol. The molecule has 3 N–H and O–H groups in total. The summed E-state index contributed by atoms with van der Waals surface area (Å²) in [5.41, 5.74) is 10.7. The van der Waals surface area contributed by atoms with Crippen LogP contribution >= 0.6 is 23.2 Å². The van der Waals surface area contributed by atoms with Gasteiger partial charge in [0.05, 0.1) is 38.4 Å². The summed E-state index contributed by atoms with van der Waals surface area (Å²) in [6.45, 7) is 4.19. The van der Waals surface area contributed by atoms with Crippen molar-refractivity contribution < 1.29 is 18.3 Å². The molecule has 0 aliphatic rings. The smallest absolute Gasteiger partial charge is 0.245 e. The molecule has 0 fully saturated rings. The number of aryl methyl sites for hydroxylation is 2. The first kappa shape index (κ1) is 31.5. The van der Waals surface area contributed by atoms with Crippen molar-refractivity contribution in [3.8, 4) is 34.7 Å². The molecule has 6 aromatic heterocycles. The van der Waals surface area contributed by atoms with Crippen molar-refractivity contribution in [2.45, 2.75) is 32.2 Å². The van der Waals surface area contributed by atoms with E-state index in [4.69, 9.17) is 47.2 Å². The number of nitrogen functional groups attached to an aromatic ring is 1. The third-order valence-corrected chi connectivity index (χ3v) is 7.46. The van der Waals surface area contributed by atoms with E-state index in [1.807, 2.05) is 32.0 Å². The van der Waals surface area contributed by atoms with E-state index in [0.29, 0.717) is 64.4 Å². The summed E-state index contributed by atoms with van der Waals surface area (Å²) in [5.74, 6) is 4.35. The van der Waals surface area contributed by atoms with Crippen LogP contribution in [0.1, 0.15) is 28.3 Å². The number of oxazole rings is 2. The van der Waals surface area contributed by atoms with Gasteiger partial charge in [-0.15, -0.1) is 33.4 Å². The predicted octanol–water partition coefficient (Wildman–Crippen LogP) is 4.86. The van der Waals surface area contributed by atoms with Gasteiger partial charge in [0, 0.05) is 29.3 Å². The fraction of sp³-hybridized carbons (Fsp3) is 0.241. The average Bonchev–Trinajstić information content (AvgIpc) is 3.93. The van der Waals surface area contributed by atoms with Gasteiger partial charge in [-0.1, -0.05) is 0 Å². The van der Waals surface area contributed by atoms with Gasteiger partial charge in [-0.3, -0.25) is 0 Å². The van der Waals surface area contributed by atoms with Crippen LogP contribution in [0.2, 0.25) is 0 Å². The molecule has 0 amide bonds. The first-order valence-electron chi connectivity index (χ1n) is 14.0. The minimum atomic E-state index is 0.196. The third-order valence-electron chi connectivity index (χ3n) is 6.98. The Hall–Kier alpha value is -5.48. The number of aromatic nitrogens is 10. The zero-order valence-corrected chi connectivity index (χ0v) is 27.1. The fourth-order valence-corrected chi connectivity index (χ4v) is 4.92. The standard InChI is InChI=1S/C19H19ClN6O3.C10H9ClN6O/c1-11-16(18-21-6-7-29-18)24-19(26-17(11)23-15(9-20)25-26)22-10-12-4-5-13(27-2)8-14(12)28-3;1-5-7(9-13-2-3-18-9)15-10(12)17-8(5)14-6(4-11)16-17/h4-8H,9-10H2,1-3H3,(H,22,24);2-3H,4H2,1H3,(H2,12,15). The lowest BCUT2D eigenvalue weighted by molar-refractivity contribution is 0.391. The van der Waals surface area contributed by atoms with Gasteiger partial charge in [-0.2, -0.15) is 9.03 Å². The molecular formula is C29H28Cl2N12O4. The Morgan fingerprint density at radius 2 is 1.40 bits per heavy atom. The van der Waals surface area contributed by atoms with Crippen LogP contribution in [-0.2, 0) is 18.3 Å². The summed E-state index contributed by atoms with van der Waals surface area (Å²) < 4.78 is 24.5. The number of fused-ring (bicyclic) bond motifs is 2. The van der Waals surface area contributed by atoms with Crippen molar-refractivity contribution >= 4 is 46.4 Å². The van der Waals surface area contributed by atoms with Gasteiger partial charge in [0.2, 0.25) is 23.7 Å². The summed E-state index contributed by atoms with van der Waals surface area (Å²) in [6, 6.07) is 5.63. The van der Waals surface area contributed by atoms with Crippen LogP contribution in [0.3, 0.4) is 0 Å². The van der Waals surface area contributed by atoms with Crippen LogP contribution in [-0.4, -0.2) is 63.4 Å². The maximum atomic E-state index is 5.95. The van der Waals surface area contributed by atoms with Gasteiger partial charge in [0.25, 0.3) is 0 Å². The number of hydrogen-bond acceptors (Lipinski definition) is 14. The monoisotopic (exact) mass is 678 g/mol. The molecule has 18 heteroatoms. The highest BCUT2D eigenvalue weighted by atomic mass is 35.5. The Balaban J connectivity index is 0.000000183. The number of nitrogens with two attached hydrogens (primary N) is 1. The first-order valence-corrected chi connectivity index (χ1v) is 15.1. The molecule has 7 aromatic rings. The van der Waals surface area contributed by atoms with Gasteiger partial charge in [-0.05, 0) is 26.0 Å². The zero-order valence-electron chi connectivity index (χ0n) is 25.6. The highest BCUT2D eigenvalue weighted by molar-refractivity contribution is 6.17. The molecule has 0 saturated heterocycles. The van der Waals surface area contributed by atoms with Gasteiger partial charge < -0.3 is 29.4 Å². The molecule has 47 heavy (non-hydrogen) atoms. The maximum Gasteiger partial charge on any atom is 0.245 e. The van der Waals surface area contributed by atoms with E-state index in [1.54, 1.807) is 31.1 Å². The number of alkyl halides is 2. The molecule has 0 spiro atoms. The van der Waals surface area contributed by atoms with E-state index in [0.717, 1.165) is 22.4 Å². The second-order valence-corrected chi connectivity index (χ2v) is 10.4. The molecule has 0 aliphatic carbocycles. The molecule has 0 unspecified atom stereocenters. The highest BCUT2D eigenvalue weighted by Gasteiger charge is 2.20. The van der Waals surface area contributed by atoms with Crippen molar-refractivity contribution in [2.24, 2.45) is 0 Å². The Bertz CT molecular complexity index is 2150. The quantitative estimate of drug-likeness (QED) is 0.196.